The molecule has 0 bridgehead atoms. The number of hydrogen-bond acceptors (Lipinski definition) is 13. The van der Waals surface area contributed by atoms with Crippen LogP contribution in [0.3, 0.4) is 0 Å². The first-order valence-corrected chi connectivity index (χ1v) is 38.9. The van der Waals surface area contributed by atoms with Crippen molar-refractivity contribution in [3.63, 3.8) is 0 Å². The maximum atomic E-state index is 6.24. The Morgan fingerprint density at radius 1 is 0.281 bits per heavy atom. The Kier molecular flexibility index (Phi) is 27.0. The van der Waals surface area contributed by atoms with Gasteiger partial charge in [0.15, 0.2) is 0 Å². The third kappa shape index (κ3) is 18.9. The van der Waals surface area contributed by atoms with Gasteiger partial charge in [0.2, 0.25) is 0 Å². The lowest BCUT2D eigenvalue weighted by atomic mass is 10.0. The molecule has 10 nitrogen and oxygen atoms in total. The van der Waals surface area contributed by atoms with Gasteiger partial charge in [0.05, 0.1) is 49.5 Å². The first-order chi connectivity index (χ1) is 47.5. The van der Waals surface area contributed by atoms with Gasteiger partial charge in [-0.15, -0.1) is 22.7 Å². The van der Waals surface area contributed by atoms with E-state index in [0.717, 1.165) is 173 Å². The third-order valence-corrected chi connectivity index (χ3v) is 21.3. The van der Waals surface area contributed by atoms with Gasteiger partial charge >= 0.3 is 0 Å². The molecule has 96 heavy (non-hydrogen) atoms. The predicted molar refractivity (Wildman–Crippen MR) is 411 cm³/mol. The van der Waals surface area contributed by atoms with Crippen molar-refractivity contribution in [3.05, 3.63) is 170 Å². The van der Waals surface area contributed by atoms with Crippen molar-refractivity contribution in [3.8, 4) is 64.8 Å². The van der Waals surface area contributed by atoms with Gasteiger partial charge < -0.3 is 28.7 Å². The number of aromatic nitrogens is 2. The molecule has 7 aromatic carbocycles. The van der Waals surface area contributed by atoms with Crippen LogP contribution in [0.4, 0.5) is 45.5 Å². The molecule has 0 atom stereocenters. The van der Waals surface area contributed by atoms with Crippen LogP contribution in [-0.2, 0) is 11.4 Å². The second-order valence-corrected chi connectivity index (χ2v) is 28.4. The fourth-order valence-electron chi connectivity index (χ4n) is 12.5. The fraction of sp³-hybridized carbons (Fsp3) is 0.390. The van der Waals surface area contributed by atoms with Gasteiger partial charge in [-0.1, -0.05) is 180 Å². The van der Waals surface area contributed by atoms with E-state index in [9.17, 15) is 0 Å². The summed E-state index contributed by atoms with van der Waals surface area (Å²) in [6, 6.07) is 60.8. The monoisotopic (exact) mass is 1360 g/mol. The minimum Gasteiger partial charge on any atom is -0.494 e. The Bertz CT molecular complexity index is 3630. The predicted octanol–water partition coefficient (Wildman–Crippen LogP) is 27.1. The van der Waals surface area contributed by atoms with E-state index in [1.165, 1.54) is 151 Å². The van der Waals surface area contributed by atoms with Crippen molar-refractivity contribution < 1.29 is 18.9 Å². The van der Waals surface area contributed by atoms with Crippen LogP contribution in [0.2, 0.25) is 0 Å². The van der Waals surface area contributed by atoms with E-state index in [-0.39, 0.29) is 0 Å². The van der Waals surface area contributed by atoms with E-state index in [1.54, 1.807) is 22.7 Å². The van der Waals surface area contributed by atoms with E-state index in [0.29, 0.717) is 0 Å². The Balaban J connectivity index is 0.801. The number of anilines is 6. The molecule has 10 aromatic rings. The van der Waals surface area contributed by atoms with Crippen molar-refractivity contribution >= 4 is 102 Å². The summed E-state index contributed by atoms with van der Waals surface area (Å²) in [5.74, 6) is 3.58. The van der Waals surface area contributed by atoms with Crippen molar-refractivity contribution in [2.45, 2.75) is 182 Å². The highest BCUT2D eigenvalue weighted by atomic mass is 32.1. The molecular weight excluding hydrogens is 1260 g/mol. The van der Waals surface area contributed by atoms with E-state index >= 15 is 0 Å². The summed E-state index contributed by atoms with van der Waals surface area (Å²) in [7, 11) is 0. The van der Waals surface area contributed by atoms with Gasteiger partial charge in [0, 0.05) is 64.8 Å². The molecule has 0 aliphatic carbocycles. The molecule has 14 heteroatoms. The zero-order chi connectivity index (χ0) is 65.9. The van der Waals surface area contributed by atoms with E-state index < -0.39 is 0 Å². The number of hydrogen-bond donors (Lipinski definition) is 0. The smallest absolute Gasteiger partial charge is 0.119 e. The van der Waals surface area contributed by atoms with Crippen LogP contribution in [0.15, 0.2) is 179 Å². The summed E-state index contributed by atoms with van der Waals surface area (Å²) in [6.45, 7) is 12.0. The first kappa shape index (κ1) is 69.7. The second-order valence-electron chi connectivity index (χ2n) is 25.2. The summed E-state index contributed by atoms with van der Waals surface area (Å²) in [6.07, 6.45) is 29.7. The number of nitrogens with zero attached hydrogens (tertiary/aromatic N) is 6. The topological polar surface area (TPSA) is 93.9 Å². The van der Waals surface area contributed by atoms with Gasteiger partial charge in [-0.2, -0.15) is 17.5 Å². The molecule has 0 amide bonds. The highest BCUT2D eigenvalue weighted by molar-refractivity contribution is 7.58. The molecule has 1 aliphatic heterocycles. The highest BCUT2D eigenvalue weighted by Crippen LogP contribution is 2.55. The van der Waals surface area contributed by atoms with Crippen molar-refractivity contribution in [1.29, 1.82) is 0 Å². The van der Waals surface area contributed by atoms with Crippen LogP contribution in [0.5, 0.6) is 23.0 Å². The number of rotatable bonds is 42. The average Bonchev–Trinajstić information content (AvgIpc) is 1.55. The fourth-order valence-corrected chi connectivity index (χ4v) is 15.7. The summed E-state index contributed by atoms with van der Waals surface area (Å²) >= 11 is 5.98. The lowest BCUT2D eigenvalue weighted by Crippen LogP contribution is -2.10. The van der Waals surface area contributed by atoms with Gasteiger partial charge in [0.25, 0.3) is 0 Å². The molecule has 0 radical (unpaired) electrons. The maximum Gasteiger partial charge on any atom is 0.119 e. The SMILES string of the molecule is CCCCCCCCOc1ccc(N(c2ccc(OCCCCCCCC)cc2)c2ccc(-c3ccc(-c4c5c(c(-c6ccc(-c7ccc(N(c8ccc(OCCCCCCCC)cc8)c8ccc(OCCCCCCCC)cc8)cc7)s6)c6nsnc46)N=S=N5)s3)cc2)cc1. The van der Waals surface area contributed by atoms with Gasteiger partial charge in [-0.25, -0.2) is 0 Å². The molecule has 1 aliphatic rings. The number of ether oxygens (including phenoxy) is 4. The molecule has 502 valence electrons. The van der Waals surface area contributed by atoms with Crippen LogP contribution in [0.1, 0.15) is 182 Å². The summed E-state index contributed by atoms with van der Waals surface area (Å²) in [5, 5.41) is 0. The molecule has 0 N–H and O–H groups in total. The van der Waals surface area contributed by atoms with Crippen LogP contribution in [-0.4, -0.2) is 35.2 Å². The number of thiophene rings is 2. The molecule has 4 heterocycles. The van der Waals surface area contributed by atoms with E-state index in [1.807, 2.05) is 0 Å². The summed E-state index contributed by atoms with van der Waals surface area (Å²) < 4.78 is 44.9. The second kappa shape index (κ2) is 37.2. The number of fused-ring (bicyclic) bond motifs is 2. The third-order valence-electron chi connectivity index (χ3n) is 17.9. The highest BCUT2D eigenvalue weighted by Gasteiger charge is 2.28. The largest absolute Gasteiger partial charge is 0.494 e. The minimum absolute atomic E-state index is 0.734. The van der Waals surface area contributed by atoms with Crippen molar-refractivity contribution in [2.24, 2.45) is 8.73 Å². The number of unbranched alkanes of at least 4 members (excludes halogenated alkanes) is 20. The average molecular weight is 1360 g/mol. The van der Waals surface area contributed by atoms with Crippen LogP contribution >= 0.6 is 34.4 Å². The normalized spacial score (nSPS) is 11.7. The lowest BCUT2D eigenvalue weighted by molar-refractivity contribution is 0.304. The van der Waals surface area contributed by atoms with Crippen molar-refractivity contribution in [2.75, 3.05) is 36.2 Å². The Morgan fingerprint density at radius 3 is 0.812 bits per heavy atom. The van der Waals surface area contributed by atoms with Gasteiger partial charge in [-0.05, 0) is 182 Å². The lowest BCUT2D eigenvalue weighted by Gasteiger charge is -2.26. The standard InChI is InChI=1S/C82H96N6O4S4/c1-5-9-13-17-21-25-57-89-69-45-37-65(38-46-69)87(66-39-47-70(48-40-66)90-58-26-22-18-14-10-6-2)63-33-29-61(30-34-63)73-53-55-75(93-73)77-79-81(85-95-83-79)78(82-80(77)84-96-86-82)76-56-54-74(94-76)62-31-35-64(36-32-62)88(67-41-49-71(50-42-67)91-59-27-23-19-15-11-7-3)68-43-51-72(52-44-68)92-60-28-24-20-16-12-8-4/h29-56H,5-28,57-60H2,1-4H3. The van der Waals surface area contributed by atoms with E-state index in [4.69, 9.17) is 36.4 Å². The molecule has 0 unspecified atom stereocenters. The van der Waals surface area contributed by atoms with Crippen LogP contribution in [0.25, 0.3) is 52.8 Å². The van der Waals surface area contributed by atoms with E-state index in [2.05, 4.69) is 207 Å². The molecular formula is C82H96N6O4S4. The zero-order valence-corrected chi connectivity index (χ0v) is 60.2. The number of benzene rings is 7. The summed E-state index contributed by atoms with van der Waals surface area (Å²) in [5.41, 5.74) is 13.9. The van der Waals surface area contributed by atoms with Gasteiger partial charge in [-0.3, -0.25) is 0 Å². The molecule has 11 rings (SSSR count). The molecule has 0 fully saturated rings. The van der Waals surface area contributed by atoms with Crippen LogP contribution in [0, 0.1) is 0 Å². The molecule has 3 aromatic heterocycles. The quantitative estimate of drug-likeness (QED) is 0.0349. The molecule has 0 saturated heterocycles. The Morgan fingerprint density at radius 2 is 0.531 bits per heavy atom. The zero-order valence-electron chi connectivity index (χ0n) is 56.9. The minimum atomic E-state index is 0.734. The first-order valence-electron chi connectivity index (χ1n) is 35.8. The van der Waals surface area contributed by atoms with Gasteiger partial charge in [0.1, 0.15) is 45.4 Å². The Hall–Kier alpha value is -7.62. The summed E-state index contributed by atoms with van der Waals surface area (Å²) in [4.78, 5) is 9.08. The maximum absolute atomic E-state index is 6.24. The molecule has 0 saturated carbocycles. The van der Waals surface area contributed by atoms with Crippen molar-refractivity contribution in [1.82, 2.24) is 8.75 Å². The Labute approximate surface area is 587 Å². The molecule has 0 spiro atoms. The van der Waals surface area contributed by atoms with Crippen LogP contribution < -0.4 is 28.7 Å².